The third-order valence-electron chi connectivity index (χ3n) is 8.10. The van der Waals surface area contributed by atoms with Crippen LogP contribution in [0.5, 0.6) is 5.88 Å². The van der Waals surface area contributed by atoms with Crippen molar-refractivity contribution in [3.05, 3.63) is 52.6 Å². The maximum absolute atomic E-state index is 15.4. The zero-order valence-electron chi connectivity index (χ0n) is 27.4. The van der Waals surface area contributed by atoms with E-state index >= 15 is 4.39 Å². The smallest absolute Gasteiger partial charge is 0.414 e. The highest BCUT2D eigenvalue weighted by molar-refractivity contribution is 6.74. The minimum Gasteiger partial charge on any atom is -0.480 e. The van der Waals surface area contributed by atoms with Crippen molar-refractivity contribution < 1.29 is 23.1 Å². The number of methoxy groups -OCH3 is 1. The van der Waals surface area contributed by atoms with E-state index in [0.717, 1.165) is 6.20 Å². The molecule has 0 saturated heterocycles. The van der Waals surface area contributed by atoms with E-state index in [1.54, 1.807) is 32.9 Å². The number of nitriles is 1. The molecule has 1 aromatic carbocycles. The van der Waals surface area contributed by atoms with Gasteiger partial charge in [0.25, 0.3) is 0 Å². The second kappa shape index (κ2) is 12.2. The first kappa shape index (κ1) is 34.1. The molecule has 1 amide bonds. The quantitative estimate of drug-likeness (QED) is 0.253. The number of benzene rings is 1. The fourth-order valence-electron chi connectivity index (χ4n) is 4.70. The molecule has 13 heteroatoms. The number of halogens is 2. The number of carbonyl (C=O) groups excluding carboxylic acids is 1. The second-order valence-electron chi connectivity index (χ2n) is 13.9. The van der Waals surface area contributed by atoms with E-state index in [0.29, 0.717) is 27.5 Å². The lowest BCUT2D eigenvalue weighted by Gasteiger charge is -2.39. The molecule has 10 nitrogen and oxygen atoms in total. The van der Waals surface area contributed by atoms with Crippen molar-refractivity contribution in [2.45, 2.75) is 77.6 Å². The first-order valence-electron chi connectivity index (χ1n) is 14.5. The van der Waals surface area contributed by atoms with Gasteiger partial charge in [0.2, 0.25) is 11.8 Å². The summed E-state index contributed by atoms with van der Waals surface area (Å²) in [7, 11) is -0.749. The van der Waals surface area contributed by atoms with E-state index in [4.69, 9.17) is 25.5 Å². The molecule has 1 unspecified atom stereocenters. The molecule has 1 N–H and O–H groups in total. The molecule has 3 heterocycles. The van der Waals surface area contributed by atoms with Crippen molar-refractivity contribution in [1.29, 1.82) is 5.26 Å². The van der Waals surface area contributed by atoms with Gasteiger partial charge in [-0.15, -0.1) is 0 Å². The Labute approximate surface area is 270 Å². The Morgan fingerprint density at radius 2 is 1.87 bits per heavy atom. The van der Waals surface area contributed by atoms with Crippen molar-refractivity contribution in [1.82, 2.24) is 15.0 Å². The number of hydrogen-bond donors (Lipinski definition) is 1. The average molecular weight is 655 g/mol. The number of nitrogens with one attached hydrogen (secondary N) is 1. The third kappa shape index (κ3) is 7.21. The summed E-state index contributed by atoms with van der Waals surface area (Å²) < 4.78 is 33.1. The molecule has 4 rings (SSSR count). The van der Waals surface area contributed by atoms with Crippen LogP contribution >= 0.6 is 11.6 Å². The Morgan fingerprint density at radius 3 is 2.47 bits per heavy atom. The van der Waals surface area contributed by atoms with E-state index in [9.17, 15) is 10.1 Å². The average Bonchev–Trinajstić information content (AvgIpc) is 3.24. The van der Waals surface area contributed by atoms with Crippen LogP contribution < -0.4 is 15.0 Å². The lowest BCUT2D eigenvalue weighted by molar-refractivity contribution is 0.0575. The Hall–Kier alpha value is -3.79. The van der Waals surface area contributed by atoms with Crippen molar-refractivity contribution in [3.8, 4) is 23.2 Å². The highest BCUT2D eigenvalue weighted by Gasteiger charge is 2.47. The fourth-order valence-corrected chi connectivity index (χ4v) is 5.97. The SMILES string of the molecule is COc1ncc(Cl)cc1Nc1ncc(F)c(-c2cc(C#N)c3c(c2)C(C)(CO[Si](C)(C)C(C)(C)C)CN3C(=O)OC(C)(C)C)n1. The Balaban J connectivity index is 1.84. The van der Waals surface area contributed by atoms with Gasteiger partial charge in [-0.3, -0.25) is 4.90 Å². The number of carbonyl (C=O) groups is 1. The zero-order valence-corrected chi connectivity index (χ0v) is 29.2. The molecule has 0 bridgehead atoms. The van der Waals surface area contributed by atoms with Gasteiger partial charge in [0, 0.05) is 30.3 Å². The predicted molar refractivity (Wildman–Crippen MR) is 175 cm³/mol. The van der Waals surface area contributed by atoms with Gasteiger partial charge in [0.1, 0.15) is 23.1 Å². The summed E-state index contributed by atoms with van der Waals surface area (Å²) in [4.78, 5) is 27.6. The van der Waals surface area contributed by atoms with Crippen LogP contribution in [0.4, 0.5) is 26.5 Å². The minimum atomic E-state index is -2.21. The molecular weight excluding hydrogens is 615 g/mol. The number of fused-ring (bicyclic) bond motifs is 1. The monoisotopic (exact) mass is 654 g/mol. The van der Waals surface area contributed by atoms with Crippen LogP contribution in [-0.2, 0) is 14.6 Å². The first-order chi connectivity index (χ1) is 20.8. The maximum Gasteiger partial charge on any atom is 0.414 e. The Kier molecular flexibility index (Phi) is 9.23. The van der Waals surface area contributed by atoms with E-state index in [1.165, 1.54) is 24.3 Å². The molecule has 1 atom stereocenters. The number of aromatic nitrogens is 3. The summed E-state index contributed by atoms with van der Waals surface area (Å²) in [6, 6.07) is 7.09. The minimum absolute atomic E-state index is 0.0378. The molecule has 3 aromatic rings. The topological polar surface area (TPSA) is 122 Å². The number of pyridine rings is 1. The van der Waals surface area contributed by atoms with Crippen LogP contribution in [0.3, 0.4) is 0 Å². The summed E-state index contributed by atoms with van der Waals surface area (Å²) in [5.74, 6) is -0.383. The summed E-state index contributed by atoms with van der Waals surface area (Å²) >= 11 is 6.12. The van der Waals surface area contributed by atoms with E-state index in [1.807, 2.05) is 6.92 Å². The van der Waals surface area contributed by atoms with Crippen LogP contribution in [0, 0.1) is 17.1 Å². The van der Waals surface area contributed by atoms with Crippen LogP contribution in [0.1, 0.15) is 59.6 Å². The molecular formula is C32H40ClFN6O4Si. The van der Waals surface area contributed by atoms with Crippen LogP contribution in [0.25, 0.3) is 11.3 Å². The van der Waals surface area contributed by atoms with Gasteiger partial charge >= 0.3 is 6.09 Å². The van der Waals surface area contributed by atoms with Gasteiger partial charge in [0.05, 0.1) is 29.6 Å². The van der Waals surface area contributed by atoms with Gasteiger partial charge in [0.15, 0.2) is 14.1 Å². The summed E-state index contributed by atoms with van der Waals surface area (Å²) in [5, 5.41) is 13.6. The fraction of sp³-hybridized carbons (Fsp3) is 0.469. The number of nitrogens with zero attached hydrogens (tertiary/aromatic N) is 5. The van der Waals surface area contributed by atoms with Crippen molar-refractivity contribution in [2.75, 3.05) is 30.5 Å². The van der Waals surface area contributed by atoms with Gasteiger partial charge in [-0.1, -0.05) is 39.3 Å². The standard InChI is InChI=1S/C32H40ClFN6O4Si/c1-30(2,3)44-29(41)40-17-32(7,18-43-45(9,10)31(4,5)6)22-12-19(11-20(14-35)26(22)40)25-23(34)16-37-28(39-25)38-24-13-21(33)15-36-27(24)42-8/h11-13,15-16H,17-18H2,1-10H3,(H,37,38,39). The molecule has 2 aromatic heterocycles. The highest BCUT2D eigenvalue weighted by atomic mass is 35.5. The van der Waals surface area contributed by atoms with Gasteiger partial charge in [-0.05, 0) is 62.7 Å². The predicted octanol–water partition coefficient (Wildman–Crippen LogP) is 7.99. The Bertz CT molecular complexity index is 1670. The number of rotatable bonds is 7. The van der Waals surface area contributed by atoms with Gasteiger partial charge in [-0.2, -0.15) is 5.26 Å². The van der Waals surface area contributed by atoms with Gasteiger partial charge < -0.3 is 19.2 Å². The van der Waals surface area contributed by atoms with Crippen molar-refractivity contribution in [2.24, 2.45) is 0 Å². The van der Waals surface area contributed by atoms with Crippen molar-refractivity contribution >= 4 is 43.3 Å². The molecule has 0 spiro atoms. The lowest BCUT2D eigenvalue weighted by atomic mass is 9.83. The molecule has 0 radical (unpaired) electrons. The summed E-state index contributed by atoms with van der Waals surface area (Å²) in [5.41, 5.74) is 0.449. The highest BCUT2D eigenvalue weighted by Crippen LogP contribution is 2.47. The van der Waals surface area contributed by atoms with E-state index in [-0.39, 0.29) is 41.3 Å². The van der Waals surface area contributed by atoms with E-state index < -0.39 is 31.2 Å². The molecule has 240 valence electrons. The Morgan fingerprint density at radius 1 is 1.18 bits per heavy atom. The lowest BCUT2D eigenvalue weighted by Crippen LogP contribution is -2.46. The van der Waals surface area contributed by atoms with Crippen molar-refractivity contribution in [3.63, 3.8) is 0 Å². The molecule has 1 aliphatic rings. The third-order valence-corrected chi connectivity index (χ3v) is 12.8. The largest absolute Gasteiger partial charge is 0.480 e. The summed E-state index contributed by atoms with van der Waals surface area (Å²) in [6.07, 6.45) is 1.90. The molecule has 1 aliphatic heterocycles. The number of ether oxygens (including phenoxy) is 2. The van der Waals surface area contributed by atoms with Crippen LogP contribution in [0.2, 0.25) is 23.2 Å². The van der Waals surface area contributed by atoms with Gasteiger partial charge in [-0.25, -0.2) is 24.1 Å². The second-order valence-corrected chi connectivity index (χ2v) is 19.2. The maximum atomic E-state index is 15.4. The number of amides is 1. The van der Waals surface area contributed by atoms with Crippen LogP contribution in [-0.4, -0.2) is 55.2 Å². The number of anilines is 3. The molecule has 45 heavy (non-hydrogen) atoms. The molecule has 0 aliphatic carbocycles. The summed E-state index contributed by atoms with van der Waals surface area (Å²) in [6.45, 7) is 18.6. The molecule has 0 saturated carbocycles. The first-order valence-corrected chi connectivity index (χ1v) is 17.8. The zero-order chi connectivity index (χ0) is 33.5. The van der Waals surface area contributed by atoms with E-state index in [2.05, 4.69) is 60.2 Å². The molecule has 0 fully saturated rings. The van der Waals surface area contributed by atoms with Crippen LogP contribution in [0.15, 0.2) is 30.6 Å². The number of hydrogen-bond acceptors (Lipinski definition) is 9. The normalized spacial score (nSPS) is 16.6.